The number of hydrogen-bond acceptors (Lipinski definition) is 5. The normalized spacial score (nSPS) is 41.1. The van der Waals surface area contributed by atoms with E-state index in [0.717, 1.165) is 0 Å². The zero-order valence-electron chi connectivity index (χ0n) is 13.3. The minimum absolute atomic E-state index is 1.80. The second kappa shape index (κ2) is 5.83. The maximum Gasteiger partial charge on any atom is 0.422 e. The molecule has 12 heteroatoms. The molecule has 0 aromatic heterocycles. The molecule has 1 saturated heterocycles. The third-order valence-corrected chi connectivity index (χ3v) is 22.6. The molecule has 0 bridgehead atoms. The average molecular weight is 412 g/mol. The zero-order valence-corrected chi connectivity index (χ0v) is 19.8. The predicted octanol–water partition coefficient (Wildman–Crippen LogP) is 3.80. The van der Waals surface area contributed by atoms with Crippen molar-refractivity contribution < 1.29 is 20.6 Å². The van der Waals surface area contributed by atoms with E-state index in [2.05, 4.69) is 0 Å². The first-order valence-corrected chi connectivity index (χ1v) is 21.5. The summed E-state index contributed by atoms with van der Waals surface area (Å²) in [5.74, 6) is 0. The van der Waals surface area contributed by atoms with Gasteiger partial charge in [-0.25, -0.2) is 0 Å². The molecule has 0 radical (unpaired) electrons. The van der Waals surface area contributed by atoms with Gasteiger partial charge in [0.25, 0.3) is 0 Å². The molecular formula is C8H24Cl2O5Si5. The molecule has 0 spiro atoms. The van der Waals surface area contributed by atoms with Gasteiger partial charge in [0.2, 0.25) is 0 Å². The third kappa shape index (κ3) is 6.70. The first-order chi connectivity index (χ1) is 8.54. The first kappa shape index (κ1) is 19.5. The molecule has 20 heavy (non-hydrogen) atoms. The van der Waals surface area contributed by atoms with Gasteiger partial charge in [-0.05, 0) is 52.4 Å². The van der Waals surface area contributed by atoms with Crippen molar-refractivity contribution in [2.24, 2.45) is 0 Å². The van der Waals surface area contributed by atoms with E-state index in [9.17, 15) is 0 Å². The summed E-state index contributed by atoms with van der Waals surface area (Å²) < 4.78 is 30.1. The molecule has 0 amide bonds. The summed E-state index contributed by atoms with van der Waals surface area (Å²) in [5.41, 5.74) is 0. The highest BCUT2D eigenvalue weighted by Crippen LogP contribution is 2.33. The van der Waals surface area contributed by atoms with Crippen LogP contribution in [0.1, 0.15) is 0 Å². The predicted molar refractivity (Wildman–Crippen MR) is 92.8 cm³/mol. The minimum Gasteiger partial charge on any atom is -0.416 e. The molecule has 0 aliphatic carbocycles. The first-order valence-electron chi connectivity index (χ1n) is 6.42. The van der Waals surface area contributed by atoms with Crippen LogP contribution in [0.2, 0.25) is 52.4 Å². The van der Waals surface area contributed by atoms with Crippen LogP contribution in [0.15, 0.2) is 0 Å². The highest BCUT2D eigenvalue weighted by molar-refractivity contribution is 7.20. The van der Waals surface area contributed by atoms with Gasteiger partial charge in [0.1, 0.15) is 0 Å². The van der Waals surface area contributed by atoms with E-state index in [4.69, 9.17) is 42.7 Å². The van der Waals surface area contributed by atoms with E-state index in [-0.39, 0.29) is 0 Å². The molecule has 1 rings (SSSR count). The largest absolute Gasteiger partial charge is 0.422 e. The van der Waals surface area contributed by atoms with Crippen molar-refractivity contribution in [2.75, 3.05) is 0 Å². The smallest absolute Gasteiger partial charge is 0.416 e. The van der Waals surface area contributed by atoms with Crippen LogP contribution in [0.5, 0.6) is 0 Å². The zero-order chi connectivity index (χ0) is 16.0. The van der Waals surface area contributed by atoms with E-state index < -0.39 is 41.4 Å². The number of rotatable bonds is 0. The second-order valence-electron chi connectivity index (χ2n) is 6.38. The van der Waals surface area contributed by atoms with Crippen LogP contribution < -0.4 is 0 Å². The van der Waals surface area contributed by atoms with Crippen molar-refractivity contribution in [3.63, 3.8) is 0 Å². The molecule has 0 aromatic rings. The molecule has 0 unspecified atom stereocenters. The summed E-state index contributed by atoms with van der Waals surface area (Å²) in [4.78, 5) is 0. The Morgan fingerprint density at radius 3 is 0.900 bits per heavy atom. The van der Waals surface area contributed by atoms with Gasteiger partial charge in [-0.15, -0.1) is 22.2 Å². The summed E-state index contributed by atoms with van der Waals surface area (Å²) in [6.07, 6.45) is 0. The summed E-state index contributed by atoms with van der Waals surface area (Å²) in [5, 5.41) is 0. The monoisotopic (exact) mass is 410 g/mol. The van der Waals surface area contributed by atoms with Gasteiger partial charge in [-0.1, -0.05) is 0 Å². The fourth-order valence-electron chi connectivity index (χ4n) is 2.45. The topological polar surface area (TPSA) is 46.2 Å². The third-order valence-electron chi connectivity index (χ3n) is 2.20. The number of hydrogen-bond donors (Lipinski definition) is 0. The molecule has 1 aliphatic heterocycles. The average Bonchev–Trinajstić information content (AvgIpc) is 1.84. The fraction of sp³-hybridized carbons (Fsp3) is 1.00. The van der Waals surface area contributed by atoms with Crippen molar-refractivity contribution in [3.05, 3.63) is 0 Å². The lowest BCUT2D eigenvalue weighted by Crippen LogP contribution is -2.63. The Hall–Kier alpha value is 1.46. The Kier molecular flexibility index (Phi) is 5.69. The Labute approximate surface area is 136 Å². The van der Waals surface area contributed by atoms with Gasteiger partial charge < -0.3 is 20.6 Å². The summed E-state index contributed by atoms with van der Waals surface area (Å²) in [6.45, 7) is 15.2. The van der Waals surface area contributed by atoms with Crippen LogP contribution in [0, 0.1) is 0 Å². The fourth-order valence-corrected chi connectivity index (χ4v) is 30.6. The van der Waals surface area contributed by atoms with Crippen LogP contribution in [0.4, 0.5) is 0 Å². The molecule has 1 fully saturated rings. The van der Waals surface area contributed by atoms with E-state index in [0.29, 0.717) is 0 Å². The van der Waals surface area contributed by atoms with Gasteiger partial charge in [0.05, 0.1) is 0 Å². The highest BCUT2D eigenvalue weighted by Gasteiger charge is 2.53. The quantitative estimate of drug-likeness (QED) is 0.448. The lowest BCUT2D eigenvalue weighted by atomic mass is 11.9. The van der Waals surface area contributed by atoms with Crippen LogP contribution in [0.3, 0.4) is 0 Å². The summed E-state index contributed by atoms with van der Waals surface area (Å²) in [7, 11) is -13.1. The highest BCUT2D eigenvalue weighted by atomic mass is 35.6. The standard InChI is InChI=1S/C8H24Cl2O5Si5/c1-16(2)11-17(3,4)13-20(8,10)15-18(5,6)14-19(7,9)12-16/h1-8H3/t19-,20+. The Morgan fingerprint density at radius 2 is 0.650 bits per heavy atom. The molecular weight excluding hydrogens is 387 g/mol. The van der Waals surface area contributed by atoms with Gasteiger partial charge >= 0.3 is 41.4 Å². The van der Waals surface area contributed by atoms with Crippen molar-refractivity contribution >= 4 is 63.6 Å². The lowest BCUT2D eigenvalue weighted by Gasteiger charge is -2.44. The van der Waals surface area contributed by atoms with Crippen molar-refractivity contribution in [1.82, 2.24) is 0 Å². The molecule has 0 aromatic carbocycles. The van der Waals surface area contributed by atoms with Gasteiger partial charge in [-0.3, -0.25) is 0 Å². The van der Waals surface area contributed by atoms with Gasteiger partial charge in [0, 0.05) is 0 Å². The molecule has 5 nitrogen and oxygen atoms in total. The molecule has 1 aliphatic rings. The van der Waals surface area contributed by atoms with E-state index in [1.165, 1.54) is 0 Å². The Morgan fingerprint density at radius 1 is 0.450 bits per heavy atom. The lowest BCUT2D eigenvalue weighted by molar-refractivity contribution is 0.251. The minimum atomic E-state index is -2.85. The van der Waals surface area contributed by atoms with Crippen LogP contribution in [0.25, 0.3) is 0 Å². The SMILES string of the molecule is C[Si]1(C)O[Si](C)(C)O[Si@@](C)(Cl)O[Si](C)(C)O[Si@@](C)(Cl)O1. The van der Waals surface area contributed by atoms with Crippen LogP contribution in [-0.2, 0) is 20.6 Å². The maximum atomic E-state index is 6.48. The summed E-state index contributed by atoms with van der Waals surface area (Å²) in [6, 6.07) is 0. The van der Waals surface area contributed by atoms with Crippen molar-refractivity contribution in [1.29, 1.82) is 0 Å². The molecule has 0 N–H and O–H groups in total. The number of halogens is 2. The van der Waals surface area contributed by atoms with E-state index in [1.807, 2.05) is 39.3 Å². The van der Waals surface area contributed by atoms with E-state index in [1.54, 1.807) is 13.1 Å². The molecule has 120 valence electrons. The summed E-state index contributed by atoms with van der Waals surface area (Å²) >= 11 is 13.0. The van der Waals surface area contributed by atoms with Crippen LogP contribution >= 0.6 is 22.2 Å². The molecule has 1 heterocycles. The van der Waals surface area contributed by atoms with Gasteiger partial charge in [0.15, 0.2) is 0 Å². The molecule has 0 saturated carbocycles. The Bertz CT molecular complexity index is 275. The maximum absolute atomic E-state index is 6.48. The van der Waals surface area contributed by atoms with Crippen molar-refractivity contribution in [2.45, 2.75) is 52.4 Å². The second-order valence-corrected chi connectivity index (χ2v) is 26.3. The van der Waals surface area contributed by atoms with E-state index >= 15 is 0 Å². The Balaban J connectivity index is 3.15. The molecule has 2 atom stereocenters. The van der Waals surface area contributed by atoms with Gasteiger partial charge in [-0.2, -0.15) is 0 Å². The van der Waals surface area contributed by atoms with Crippen LogP contribution in [-0.4, -0.2) is 41.4 Å². The van der Waals surface area contributed by atoms with Crippen molar-refractivity contribution in [3.8, 4) is 0 Å².